The average molecular weight is 363 g/mol. The van der Waals surface area contributed by atoms with Crippen molar-refractivity contribution in [3.8, 4) is 0 Å². The second-order valence-corrected chi connectivity index (χ2v) is 13.6. The Morgan fingerprint density at radius 1 is 1.12 bits per heavy atom. The highest BCUT2D eigenvalue weighted by Crippen LogP contribution is 2.38. The molecule has 0 aromatic heterocycles. The normalized spacial score (nSPS) is 19.0. The number of hydrogen-bond donors (Lipinski definition) is 2. The van der Waals surface area contributed by atoms with Crippen LogP contribution in [-0.4, -0.2) is 49.6 Å². The second kappa shape index (κ2) is 7.93. The largest absolute Gasteiger partial charge is 0.488 e. The summed E-state index contributed by atoms with van der Waals surface area (Å²) in [6.07, 6.45) is 2.56. The minimum atomic E-state index is -1.69. The topological polar surface area (TPSA) is 52.9 Å². The Balaban J connectivity index is 1.91. The lowest BCUT2D eigenvalue weighted by Gasteiger charge is -2.43. The summed E-state index contributed by atoms with van der Waals surface area (Å²) >= 11 is 0. The van der Waals surface area contributed by atoms with E-state index in [9.17, 15) is 10.0 Å². The third kappa shape index (κ3) is 5.17. The molecule has 1 atom stereocenters. The van der Waals surface area contributed by atoms with Crippen molar-refractivity contribution in [2.45, 2.75) is 70.8 Å². The summed E-state index contributed by atoms with van der Waals surface area (Å²) in [4.78, 5) is 2.50. The van der Waals surface area contributed by atoms with Gasteiger partial charge in [0.25, 0.3) is 0 Å². The summed E-state index contributed by atoms with van der Waals surface area (Å²) in [5, 5.41) is 18.7. The monoisotopic (exact) mass is 363 g/mol. The van der Waals surface area contributed by atoms with Crippen LogP contribution in [-0.2, 0) is 4.43 Å². The van der Waals surface area contributed by atoms with Gasteiger partial charge in [-0.25, -0.2) is 0 Å². The van der Waals surface area contributed by atoms with E-state index in [0.29, 0.717) is 17.6 Å². The van der Waals surface area contributed by atoms with Gasteiger partial charge in [0, 0.05) is 25.2 Å². The van der Waals surface area contributed by atoms with Gasteiger partial charge in [0.2, 0.25) is 0 Å². The lowest BCUT2D eigenvalue weighted by Crippen LogP contribution is -2.47. The van der Waals surface area contributed by atoms with Crippen LogP contribution in [0.2, 0.25) is 18.1 Å². The number of piperidine rings is 1. The molecule has 0 bridgehead atoms. The van der Waals surface area contributed by atoms with Crippen molar-refractivity contribution in [3.63, 3.8) is 0 Å². The molecular formula is C19H34BNO3Si. The molecule has 0 unspecified atom stereocenters. The quantitative estimate of drug-likeness (QED) is 0.790. The molecule has 25 heavy (non-hydrogen) atoms. The predicted octanol–water partition coefficient (Wildman–Crippen LogP) is 2.91. The summed E-state index contributed by atoms with van der Waals surface area (Å²) in [6, 6.07) is 7.92. The first-order chi connectivity index (χ1) is 11.5. The number of benzene rings is 1. The molecule has 0 saturated carbocycles. The van der Waals surface area contributed by atoms with Crippen LogP contribution in [0.1, 0.15) is 52.1 Å². The zero-order valence-corrected chi connectivity index (χ0v) is 17.6. The number of rotatable bonds is 5. The first kappa shape index (κ1) is 20.7. The molecule has 1 fully saturated rings. The first-order valence-electron chi connectivity index (χ1n) is 9.39. The number of hydrogen-bond acceptors (Lipinski definition) is 4. The molecule has 0 aliphatic carbocycles. The highest BCUT2D eigenvalue weighted by atomic mass is 28.4. The SMILES string of the molecule is C[C@@H](c1ccc(B(O)O)cc1)N1CCC(O[Si](C)(C)C(C)(C)C)CC1. The van der Waals surface area contributed by atoms with E-state index >= 15 is 0 Å². The maximum Gasteiger partial charge on any atom is 0.488 e. The van der Waals surface area contributed by atoms with Crippen molar-refractivity contribution in [2.75, 3.05) is 13.1 Å². The van der Waals surface area contributed by atoms with Crippen molar-refractivity contribution in [3.05, 3.63) is 29.8 Å². The van der Waals surface area contributed by atoms with Gasteiger partial charge in [-0.15, -0.1) is 0 Å². The van der Waals surface area contributed by atoms with Gasteiger partial charge in [0.05, 0.1) is 0 Å². The fourth-order valence-corrected chi connectivity index (χ4v) is 4.55. The zero-order chi connectivity index (χ0) is 18.8. The summed E-state index contributed by atoms with van der Waals surface area (Å²) < 4.78 is 6.58. The van der Waals surface area contributed by atoms with Gasteiger partial charge < -0.3 is 14.5 Å². The lowest BCUT2D eigenvalue weighted by molar-refractivity contribution is 0.0710. The molecule has 6 heteroatoms. The Kier molecular flexibility index (Phi) is 6.55. The second-order valence-electron chi connectivity index (χ2n) is 8.83. The molecule has 1 aromatic carbocycles. The molecule has 4 nitrogen and oxygen atoms in total. The highest BCUT2D eigenvalue weighted by Gasteiger charge is 2.39. The molecule has 2 rings (SSSR count). The van der Waals surface area contributed by atoms with Crippen LogP contribution < -0.4 is 5.46 Å². The first-order valence-corrected chi connectivity index (χ1v) is 12.3. The van der Waals surface area contributed by atoms with Crippen LogP contribution in [0.5, 0.6) is 0 Å². The Morgan fingerprint density at radius 2 is 1.64 bits per heavy atom. The van der Waals surface area contributed by atoms with Gasteiger partial charge in [-0.3, -0.25) is 4.90 Å². The lowest BCUT2D eigenvalue weighted by atomic mass is 9.80. The molecule has 1 heterocycles. The molecule has 0 spiro atoms. The van der Waals surface area contributed by atoms with E-state index in [0.717, 1.165) is 25.9 Å². The minimum absolute atomic E-state index is 0.260. The van der Waals surface area contributed by atoms with Crippen LogP contribution in [0.15, 0.2) is 24.3 Å². The smallest absolute Gasteiger partial charge is 0.423 e. The van der Waals surface area contributed by atoms with Crippen molar-refractivity contribution < 1.29 is 14.5 Å². The van der Waals surface area contributed by atoms with Crippen LogP contribution >= 0.6 is 0 Å². The minimum Gasteiger partial charge on any atom is -0.423 e. The Bertz CT molecular complexity index is 549. The Morgan fingerprint density at radius 3 is 2.08 bits per heavy atom. The van der Waals surface area contributed by atoms with E-state index in [1.807, 2.05) is 12.1 Å². The van der Waals surface area contributed by atoms with Crippen molar-refractivity contribution >= 4 is 20.9 Å². The fourth-order valence-electron chi connectivity index (χ4n) is 3.13. The summed E-state index contributed by atoms with van der Waals surface area (Å²) in [5.74, 6) is 0. The number of likely N-dealkylation sites (tertiary alicyclic amines) is 1. The van der Waals surface area contributed by atoms with E-state index in [-0.39, 0.29) is 5.04 Å². The van der Waals surface area contributed by atoms with Gasteiger partial charge >= 0.3 is 7.12 Å². The van der Waals surface area contributed by atoms with E-state index in [4.69, 9.17) is 4.43 Å². The molecular weight excluding hydrogens is 329 g/mol. The predicted molar refractivity (Wildman–Crippen MR) is 108 cm³/mol. The van der Waals surface area contributed by atoms with E-state index < -0.39 is 15.4 Å². The third-order valence-corrected chi connectivity index (χ3v) is 10.5. The standard InChI is InChI=1S/C19H34BNO3Si/c1-15(16-7-9-17(10-8-16)20(22)23)21-13-11-18(12-14-21)24-25(5,6)19(2,3)4/h7-10,15,18,22-23H,11-14H2,1-6H3/t15-/m0/s1. The summed E-state index contributed by atoms with van der Waals surface area (Å²) in [6.45, 7) is 15.9. The molecule has 1 aromatic rings. The molecule has 0 radical (unpaired) electrons. The van der Waals surface area contributed by atoms with Gasteiger partial charge in [-0.2, -0.15) is 0 Å². The van der Waals surface area contributed by atoms with Crippen molar-refractivity contribution in [1.29, 1.82) is 0 Å². The Hall–Kier alpha value is -0.658. The van der Waals surface area contributed by atoms with Crippen LogP contribution in [0.3, 0.4) is 0 Å². The third-order valence-electron chi connectivity index (χ3n) is 6.01. The van der Waals surface area contributed by atoms with Gasteiger partial charge in [-0.05, 0) is 48.9 Å². The van der Waals surface area contributed by atoms with Gasteiger partial charge in [0.15, 0.2) is 8.32 Å². The highest BCUT2D eigenvalue weighted by molar-refractivity contribution is 6.74. The zero-order valence-electron chi connectivity index (χ0n) is 16.6. The molecule has 1 aliphatic heterocycles. The van der Waals surface area contributed by atoms with Crippen molar-refractivity contribution in [1.82, 2.24) is 4.90 Å². The molecule has 0 amide bonds. The number of nitrogens with zero attached hydrogens (tertiary/aromatic N) is 1. The van der Waals surface area contributed by atoms with Crippen LogP contribution in [0.4, 0.5) is 0 Å². The average Bonchev–Trinajstić information content (AvgIpc) is 2.53. The maximum absolute atomic E-state index is 9.22. The van der Waals surface area contributed by atoms with Gasteiger partial charge in [0.1, 0.15) is 0 Å². The molecule has 2 N–H and O–H groups in total. The summed E-state index contributed by atoms with van der Waals surface area (Å²) in [5.41, 5.74) is 1.76. The Labute approximate surface area is 154 Å². The molecule has 140 valence electrons. The van der Waals surface area contributed by atoms with E-state index in [1.54, 1.807) is 12.1 Å². The molecule has 1 aliphatic rings. The fraction of sp³-hybridized carbons (Fsp3) is 0.684. The summed E-state index contributed by atoms with van der Waals surface area (Å²) in [7, 11) is -3.08. The van der Waals surface area contributed by atoms with Crippen LogP contribution in [0.25, 0.3) is 0 Å². The van der Waals surface area contributed by atoms with Crippen molar-refractivity contribution in [2.24, 2.45) is 0 Å². The van der Waals surface area contributed by atoms with Gasteiger partial charge in [-0.1, -0.05) is 45.0 Å². The van der Waals surface area contributed by atoms with Crippen LogP contribution in [0, 0.1) is 0 Å². The molecule has 1 saturated heterocycles. The van der Waals surface area contributed by atoms with E-state index in [1.165, 1.54) is 5.56 Å². The van der Waals surface area contributed by atoms with E-state index in [2.05, 4.69) is 45.7 Å². The maximum atomic E-state index is 9.22.